The van der Waals surface area contributed by atoms with Crippen LogP contribution in [0.2, 0.25) is 0 Å². The van der Waals surface area contributed by atoms with Crippen LogP contribution >= 0.6 is 0 Å². The number of rotatable bonds is 2. The van der Waals surface area contributed by atoms with E-state index in [0.29, 0.717) is 5.41 Å². The summed E-state index contributed by atoms with van der Waals surface area (Å²) < 4.78 is 0. The Morgan fingerprint density at radius 1 is 1.29 bits per heavy atom. The van der Waals surface area contributed by atoms with Crippen molar-refractivity contribution in [3.63, 3.8) is 0 Å². The Morgan fingerprint density at radius 2 is 2.06 bits per heavy atom. The molecule has 1 N–H and O–H groups in total. The molecule has 0 bridgehead atoms. The van der Waals surface area contributed by atoms with E-state index in [1.807, 2.05) is 0 Å². The summed E-state index contributed by atoms with van der Waals surface area (Å²) >= 11 is 0. The van der Waals surface area contributed by atoms with Crippen LogP contribution in [-0.2, 0) is 6.42 Å². The molecule has 0 aliphatic carbocycles. The first kappa shape index (κ1) is 12.6. The molecule has 1 saturated heterocycles. The molecule has 0 radical (unpaired) electrons. The smallest absolute Gasteiger partial charge is 0.0270 e. The molecule has 1 nitrogen and oxygen atoms in total. The Balaban J connectivity index is 2.25. The quantitative estimate of drug-likeness (QED) is 0.818. The third-order valence-electron chi connectivity index (χ3n) is 4.27. The van der Waals surface area contributed by atoms with Gasteiger partial charge in [-0.05, 0) is 43.7 Å². The summed E-state index contributed by atoms with van der Waals surface area (Å²) in [4.78, 5) is 0. The summed E-state index contributed by atoms with van der Waals surface area (Å²) in [6, 6.07) is 8.94. The minimum absolute atomic E-state index is 0.279. The van der Waals surface area contributed by atoms with Crippen LogP contribution in [0.3, 0.4) is 0 Å². The predicted molar refractivity (Wildman–Crippen MR) is 74.3 cm³/mol. The van der Waals surface area contributed by atoms with Crippen LogP contribution in [0.15, 0.2) is 24.3 Å². The first-order chi connectivity index (χ1) is 7.93. The largest absolute Gasteiger partial charge is 0.310 e. The van der Waals surface area contributed by atoms with Crippen molar-refractivity contribution < 1.29 is 0 Å². The summed E-state index contributed by atoms with van der Waals surface area (Å²) in [7, 11) is 0. The van der Waals surface area contributed by atoms with E-state index in [0.717, 1.165) is 6.42 Å². The molecule has 1 heteroatoms. The molecule has 0 amide bonds. The summed E-state index contributed by atoms with van der Waals surface area (Å²) in [5.74, 6) is 0. The molecule has 1 fully saturated rings. The lowest BCUT2D eigenvalue weighted by atomic mass is 9.69. The molecule has 1 unspecified atom stereocenters. The fourth-order valence-corrected chi connectivity index (χ4v) is 3.03. The van der Waals surface area contributed by atoms with Crippen LogP contribution in [0.5, 0.6) is 0 Å². The van der Waals surface area contributed by atoms with Crippen molar-refractivity contribution in [2.45, 2.75) is 52.5 Å². The monoisotopic (exact) mass is 231 g/mol. The Bertz CT molecular complexity index is 381. The van der Waals surface area contributed by atoms with Gasteiger partial charge in [0.25, 0.3) is 0 Å². The lowest BCUT2D eigenvalue weighted by Crippen LogP contribution is -2.52. The molecule has 2 rings (SSSR count). The van der Waals surface area contributed by atoms with Crippen LogP contribution in [-0.4, -0.2) is 12.1 Å². The van der Waals surface area contributed by atoms with Gasteiger partial charge in [-0.2, -0.15) is 0 Å². The van der Waals surface area contributed by atoms with Gasteiger partial charge in [0, 0.05) is 5.54 Å². The van der Waals surface area contributed by atoms with Crippen molar-refractivity contribution in [3.05, 3.63) is 35.4 Å². The highest BCUT2D eigenvalue weighted by molar-refractivity contribution is 5.25. The van der Waals surface area contributed by atoms with Gasteiger partial charge in [0.15, 0.2) is 0 Å². The molecule has 0 aromatic heterocycles. The van der Waals surface area contributed by atoms with E-state index in [-0.39, 0.29) is 5.54 Å². The van der Waals surface area contributed by atoms with E-state index in [1.165, 1.54) is 30.5 Å². The Morgan fingerprint density at radius 3 is 2.59 bits per heavy atom. The van der Waals surface area contributed by atoms with Crippen molar-refractivity contribution >= 4 is 0 Å². The van der Waals surface area contributed by atoms with Gasteiger partial charge in [0.1, 0.15) is 0 Å². The maximum absolute atomic E-state index is 3.78. The van der Waals surface area contributed by atoms with E-state index >= 15 is 0 Å². The second-order valence-corrected chi connectivity index (χ2v) is 6.53. The molecule has 0 spiro atoms. The molecular weight excluding hydrogens is 206 g/mol. The van der Waals surface area contributed by atoms with Crippen molar-refractivity contribution in [3.8, 4) is 0 Å². The minimum Gasteiger partial charge on any atom is -0.310 e. The first-order valence-corrected chi connectivity index (χ1v) is 6.74. The molecular formula is C16H25N. The molecule has 1 aromatic rings. The van der Waals surface area contributed by atoms with Crippen molar-refractivity contribution in [2.75, 3.05) is 6.54 Å². The number of aryl methyl sites for hydroxylation is 1. The molecule has 17 heavy (non-hydrogen) atoms. The SMILES string of the molecule is Cc1cccc(CC2(C(C)(C)C)CCCN2)c1. The van der Waals surface area contributed by atoms with Crippen molar-refractivity contribution in [1.82, 2.24) is 5.32 Å². The van der Waals surface area contributed by atoms with Gasteiger partial charge < -0.3 is 5.32 Å². The van der Waals surface area contributed by atoms with Gasteiger partial charge in [-0.3, -0.25) is 0 Å². The molecule has 1 atom stereocenters. The molecule has 1 aliphatic heterocycles. The van der Waals surface area contributed by atoms with Gasteiger partial charge in [-0.15, -0.1) is 0 Å². The third kappa shape index (κ3) is 2.55. The summed E-state index contributed by atoms with van der Waals surface area (Å²) in [5.41, 5.74) is 3.42. The number of hydrogen-bond acceptors (Lipinski definition) is 1. The topological polar surface area (TPSA) is 12.0 Å². The lowest BCUT2D eigenvalue weighted by molar-refractivity contribution is 0.159. The highest BCUT2D eigenvalue weighted by Gasteiger charge is 2.43. The zero-order valence-corrected chi connectivity index (χ0v) is 11.6. The van der Waals surface area contributed by atoms with Crippen LogP contribution in [0.4, 0.5) is 0 Å². The zero-order valence-electron chi connectivity index (χ0n) is 11.6. The highest BCUT2D eigenvalue weighted by Crippen LogP contribution is 2.39. The Hall–Kier alpha value is -0.820. The Kier molecular flexibility index (Phi) is 3.31. The standard InChI is InChI=1S/C16H25N/c1-13-7-5-8-14(11-13)12-16(15(2,3)4)9-6-10-17-16/h5,7-8,11,17H,6,9-10,12H2,1-4H3. The van der Waals surface area contributed by atoms with Crippen LogP contribution in [0.1, 0.15) is 44.7 Å². The fraction of sp³-hybridized carbons (Fsp3) is 0.625. The summed E-state index contributed by atoms with van der Waals surface area (Å²) in [6.45, 7) is 10.4. The number of benzene rings is 1. The van der Waals surface area contributed by atoms with E-state index in [1.54, 1.807) is 0 Å². The fourth-order valence-electron chi connectivity index (χ4n) is 3.03. The van der Waals surface area contributed by atoms with E-state index < -0.39 is 0 Å². The second kappa shape index (κ2) is 4.45. The first-order valence-electron chi connectivity index (χ1n) is 6.74. The van der Waals surface area contributed by atoms with Crippen LogP contribution in [0, 0.1) is 12.3 Å². The minimum atomic E-state index is 0.279. The van der Waals surface area contributed by atoms with E-state index in [2.05, 4.69) is 57.3 Å². The summed E-state index contributed by atoms with van der Waals surface area (Å²) in [6.07, 6.45) is 3.76. The molecule has 1 aliphatic rings. The zero-order chi connectivity index (χ0) is 12.5. The third-order valence-corrected chi connectivity index (χ3v) is 4.27. The van der Waals surface area contributed by atoms with Crippen molar-refractivity contribution in [2.24, 2.45) is 5.41 Å². The van der Waals surface area contributed by atoms with Gasteiger partial charge in [-0.25, -0.2) is 0 Å². The van der Waals surface area contributed by atoms with Gasteiger partial charge in [0.2, 0.25) is 0 Å². The second-order valence-electron chi connectivity index (χ2n) is 6.53. The molecule has 0 saturated carbocycles. The van der Waals surface area contributed by atoms with Gasteiger partial charge >= 0.3 is 0 Å². The molecule has 1 heterocycles. The van der Waals surface area contributed by atoms with Gasteiger partial charge in [0.05, 0.1) is 0 Å². The number of hydrogen-bond donors (Lipinski definition) is 1. The van der Waals surface area contributed by atoms with Crippen molar-refractivity contribution in [1.29, 1.82) is 0 Å². The molecule has 1 aromatic carbocycles. The van der Waals surface area contributed by atoms with Crippen LogP contribution in [0.25, 0.3) is 0 Å². The lowest BCUT2D eigenvalue weighted by Gasteiger charge is -2.42. The maximum atomic E-state index is 3.78. The van der Waals surface area contributed by atoms with E-state index in [4.69, 9.17) is 0 Å². The predicted octanol–water partition coefficient (Wildman–Crippen LogP) is 3.71. The van der Waals surface area contributed by atoms with Gasteiger partial charge in [-0.1, -0.05) is 50.6 Å². The van der Waals surface area contributed by atoms with E-state index in [9.17, 15) is 0 Å². The highest BCUT2D eigenvalue weighted by atomic mass is 15.0. The molecule has 94 valence electrons. The average molecular weight is 231 g/mol. The maximum Gasteiger partial charge on any atom is 0.0270 e. The average Bonchev–Trinajstić information content (AvgIpc) is 2.66. The normalized spacial score (nSPS) is 25.2. The van der Waals surface area contributed by atoms with Crippen LogP contribution < -0.4 is 5.32 Å². The number of nitrogens with one attached hydrogen (secondary N) is 1. The summed E-state index contributed by atoms with van der Waals surface area (Å²) in [5, 5.41) is 3.78. The Labute approximate surface area is 106 Å².